The normalized spacial score (nSPS) is 12.5. The van der Waals surface area contributed by atoms with Gasteiger partial charge in [0.05, 0.1) is 0 Å². The van der Waals surface area contributed by atoms with Crippen LogP contribution in [0.2, 0.25) is 5.02 Å². The highest BCUT2D eigenvalue weighted by Crippen LogP contribution is 2.28. The highest BCUT2D eigenvalue weighted by molar-refractivity contribution is 6.31. The van der Waals surface area contributed by atoms with Crippen LogP contribution in [0.3, 0.4) is 0 Å². The molecule has 19 heavy (non-hydrogen) atoms. The fourth-order valence-corrected chi connectivity index (χ4v) is 2.66. The summed E-state index contributed by atoms with van der Waals surface area (Å²) in [4.78, 5) is 0. The molecule has 3 heteroatoms. The van der Waals surface area contributed by atoms with E-state index in [1.807, 2.05) is 32.0 Å². The van der Waals surface area contributed by atoms with Crippen LogP contribution in [-0.4, -0.2) is 0 Å². The van der Waals surface area contributed by atoms with Crippen molar-refractivity contribution in [2.75, 3.05) is 0 Å². The van der Waals surface area contributed by atoms with E-state index in [4.69, 9.17) is 17.3 Å². The Morgan fingerprint density at radius 1 is 1.11 bits per heavy atom. The first-order chi connectivity index (χ1) is 9.00. The van der Waals surface area contributed by atoms with Crippen LogP contribution in [0.4, 0.5) is 4.39 Å². The first kappa shape index (κ1) is 14.0. The highest BCUT2D eigenvalue weighted by Gasteiger charge is 2.17. The minimum atomic E-state index is -0.437. The van der Waals surface area contributed by atoms with Gasteiger partial charge in [0.2, 0.25) is 0 Å². The second kappa shape index (κ2) is 5.72. The maximum Gasteiger partial charge on any atom is 0.129 e. The van der Waals surface area contributed by atoms with Gasteiger partial charge >= 0.3 is 0 Å². The van der Waals surface area contributed by atoms with E-state index in [0.717, 1.165) is 5.56 Å². The zero-order valence-electron chi connectivity index (χ0n) is 11.1. The molecule has 2 N–H and O–H groups in total. The second-order valence-electron chi connectivity index (χ2n) is 4.82. The third-order valence-electron chi connectivity index (χ3n) is 3.44. The maximum atomic E-state index is 13.8. The summed E-state index contributed by atoms with van der Waals surface area (Å²) >= 11 is 6.05. The largest absolute Gasteiger partial charge is 0.324 e. The van der Waals surface area contributed by atoms with E-state index in [-0.39, 0.29) is 5.82 Å². The van der Waals surface area contributed by atoms with E-state index in [9.17, 15) is 4.39 Å². The lowest BCUT2D eigenvalue weighted by molar-refractivity contribution is 0.579. The molecule has 2 rings (SSSR count). The Morgan fingerprint density at radius 2 is 1.68 bits per heavy atom. The first-order valence-electron chi connectivity index (χ1n) is 6.25. The average molecular weight is 278 g/mol. The van der Waals surface area contributed by atoms with Crippen LogP contribution in [0.25, 0.3) is 0 Å². The lowest BCUT2D eigenvalue weighted by Gasteiger charge is -2.17. The van der Waals surface area contributed by atoms with E-state index in [2.05, 4.69) is 0 Å². The van der Waals surface area contributed by atoms with Gasteiger partial charge in [0.1, 0.15) is 5.82 Å². The summed E-state index contributed by atoms with van der Waals surface area (Å²) in [6, 6.07) is 10.3. The van der Waals surface area contributed by atoms with Crippen molar-refractivity contribution < 1.29 is 4.39 Å². The fourth-order valence-electron chi connectivity index (χ4n) is 2.36. The minimum Gasteiger partial charge on any atom is -0.324 e. The summed E-state index contributed by atoms with van der Waals surface area (Å²) < 4.78 is 13.8. The van der Waals surface area contributed by atoms with Crippen molar-refractivity contribution in [3.63, 3.8) is 0 Å². The van der Waals surface area contributed by atoms with Crippen molar-refractivity contribution in [2.24, 2.45) is 5.73 Å². The molecule has 0 aromatic heterocycles. The SMILES string of the molecule is Cc1cccc(C)c1CC(N)c1c(F)cccc1Cl. The first-order valence-corrected chi connectivity index (χ1v) is 6.63. The summed E-state index contributed by atoms with van der Waals surface area (Å²) in [6.45, 7) is 4.08. The number of rotatable bonds is 3. The monoisotopic (exact) mass is 277 g/mol. The van der Waals surface area contributed by atoms with Crippen LogP contribution < -0.4 is 5.73 Å². The molecule has 0 saturated carbocycles. The van der Waals surface area contributed by atoms with Crippen LogP contribution in [0.15, 0.2) is 36.4 Å². The van der Waals surface area contributed by atoms with Gasteiger partial charge in [0, 0.05) is 16.6 Å². The van der Waals surface area contributed by atoms with Gasteiger partial charge in [0.15, 0.2) is 0 Å². The zero-order chi connectivity index (χ0) is 14.0. The summed E-state index contributed by atoms with van der Waals surface area (Å²) in [7, 11) is 0. The number of nitrogens with two attached hydrogens (primary N) is 1. The topological polar surface area (TPSA) is 26.0 Å². The molecule has 0 bridgehead atoms. The Balaban J connectivity index is 2.34. The molecule has 0 aliphatic carbocycles. The zero-order valence-corrected chi connectivity index (χ0v) is 11.8. The lowest BCUT2D eigenvalue weighted by atomic mass is 9.93. The Bertz CT molecular complexity index is 555. The average Bonchev–Trinajstić information content (AvgIpc) is 2.34. The van der Waals surface area contributed by atoms with E-state index in [0.29, 0.717) is 17.0 Å². The molecular formula is C16H17ClFN. The molecular weight excluding hydrogens is 261 g/mol. The fraction of sp³-hybridized carbons (Fsp3) is 0.250. The number of benzene rings is 2. The van der Waals surface area contributed by atoms with E-state index >= 15 is 0 Å². The molecule has 0 radical (unpaired) electrons. The predicted molar refractivity (Wildman–Crippen MR) is 78.0 cm³/mol. The van der Waals surface area contributed by atoms with Gasteiger partial charge < -0.3 is 5.73 Å². The van der Waals surface area contributed by atoms with Crippen LogP contribution in [-0.2, 0) is 6.42 Å². The van der Waals surface area contributed by atoms with E-state index in [1.54, 1.807) is 12.1 Å². The van der Waals surface area contributed by atoms with Gasteiger partial charge in [-0.05, 0) is 49.1 Å². The standard InChI is InChI=1S/C16H17ClFN/c1-10-5-3-6-11(2)12(10)9-15(19)16-13(17)7-4-8-14(16)18/h3-8,15H,9,19H2,1-2H3. The van der Waals surface area contributed by atoms with Gasteiger partial charge in [0.25, 0.3) is 0 Å². The molecule has 1 nitrogen and oxygen atoms in total. The van der Waals surface area contributed by atoms with Gasteiger partial charge in [-0.25, -0.2) is 4.39 Å². The number of hydrogen-bond acceptors (Lipinski definition) is 1. The van der Waals surface area contributed by atoms with Gasteiger partial charge in [-0.3, -0.25) is 0 Å². The Labute approximate surface area is 118 Å². The molecule has 100 valence electrons. The number of hydrogen-bond donors (Lipinski definition) is 1. The third kappa shape index (κ3) is 2.96. The molecule has 0 spiro atoms. The van der Waals surface area contributed by atoms with E-state index in [1.165, 1.54) is 17.2 Å². The highest BCUT2D eigenvalue weighted by atomic mass is 35.5. The summed E-state index contributed by atoms with van der Waals surface area (Å²) in [5, 5.41) is 0.388. The maximum absolute atomic E-state index is 13.8. The van der Waals surface area contributed by atoms with Gasteiger partial charge in [-0.2, -0.15) is 0 Å². The predicted octanol–water partition coefficient (Wildman–Crippen LogP) is 4.34. The molecule has 0 amide bonds. The van der Waals surface area contributed by atoms with Crippen molar-refractivity contribution in [2.45, 2.75) is 26.3 Å². The van der Waals surface area contributed by atoms with Crippen molar-refractivity contribution >= 4 is 11.6 Å². The quantitative estimate of drug-likeness (QED) is 0.887. The van der Waals surface area contributed by atoms with Crippen LogP contribution in [0, 0.1) is 19.7 Å². The van der Waals surface area contributed by atoms with Crippen LogP contribution in [0.1, 0.15) is 28.3 Å². The van der Waals surface area contributed by atoms with Crippen LogP contribution in [0.5, 0.6) is 0 Å². The molecule has 0 fully saturated rings. The summed E-state index contributed by atoms with van der Waals surface area (Å²) in [5.74, 6) is -0.341. The molecule has 2 aromatic carbocycles. The third-order valence-corrected chi connectivity index (χ3v) is 3.77. The molecule has 0 heterocycles. The lowest BCUT2D eigenvalue weighted by Crippen LogP contribution is -2.16. The van der Waals surface area contributed by atoms with Crippen molar-refractivity contribution in [3.8, 4) is 0 Å². The molecule has 0 aliphatic rings. The number of halogens is 2. The summed E-state index contributed by atoms with van der Waals surface area (Å²) in [5.41, 5.74) is 10.0. The Hall–Kier alpha value is -1.38. The van der Waals surface area contributed by atoms with Gasteiger partial charge in [-0.15, -0.1) is 0 Å². The van der Waals surface area contributed by atoms with Crippen molar-refractivity contribution in [1.29, 1.82) is 0 Å². The molecule has 0 aliphatic heterocycles. The molecule has 1 atom stereocenters. The van der Waals surface area contributed by atoms with Crippen LogP contribution >= 0.6 is 11.6 Å². The van der Waals surface area contributed by atoms with Gasteiger partial charge in [-0.1, -0.05) is 35.9 Å². The molecule has 2 aromatic rings. The summed E-state index contributed by atoms with van der Waals surface area (Å²) in [6.07, 6.45) is 0.582. The van der Waals surface area contributed by atoms with Crippen molar-refractivity contribution in [3.05, 3.63) is 69.5 Å². The minimum absolute atomic E-state index is 0.341. The smallest absolute Gasteiger partial charge is 0.129 e. The van der Waals surface area contributed by atoms with E-state index < -0.39 is 6.04 Å². The second-order valence-corrected chi connectivity index (χ2v) is 5.22. The Morgan fingerprint density at radius 3 is 2.26 bits per heavy atom. The number of aryl methyl sites for hydroxylation is 2. The Kier molecular flexibility index (Phi) is 4.23. The molecule has 1 unspecified atom stereocenters. The molecule has 0 saturated heterocycles. The van der Waals surface area contributed by atoms with Crippen molar-refractivity contribution in [1.82, 2.24) is 0 Å².